The second kappa shape index (κ2) is 4.89. The summed E-state index contributed by atoms with van der Waals surface area (Å²) in [5.41, 5.74) is -0.299. The highest BCUT2D eigenvalue weighted by Crippen LogP contribution is 2.36. The molecule has 0 bridgehead atoms. The molecule has 102 valence electrons. The van der Waals surface area contributed by atoms with Gasteiger partial charge in [-0.25, -0.2) is 4.79 Å². The second-order valence-corrected chi connectivity index (χ2v) is 4.34. The van der Waals surface area contributed by atoms with Gasteiger partial charge in [0.05, 0.1) is 14.2 Å². The molecule has 1 aliphatic heterocycles. The number of carbonyl (C=O) groups excluding carboxylic acids is 1. The molecule has 1 N–H and O–H groups in total. The van der Waals surface area contributed by atoms with E-state index in [9.17, 15) is 9.90 Å². The minimum absolute atomic E-state index is 0.244. The van der Waals surface area contributed by atoms with E-state index in [4.69, 9.17) is 4.74 Å². The summed E-state index contributed by atoms with van der Waals surface area (Å²) in [6.45, 7) is 1.75. The van der Waals surface area contributed by atoms with E-state index >= 15 is 0 Å². The third kappa shape index (κ3) is 2.26. The van der Waals surface area contributed by atoms with Gasteiger partial charge in [-0.3, -0.25) is 0 Å². The van der Waals surface area contributed by atoms with Crippen LogP contribution in [-0.4, -0.2) is 36.1 Å². The minimum atomic E-state index is -1.51. The van der Waals surface area contributed by atoms with Crippen molar-refractivity contribution in [2.75, 3.05) is 14.2 Å². The van der Waals surface area contributed by atoms with Crippen LogP contribution in [0.15, 0.2) is 29.4 Å². The van der Waals surface area contributed by atoms with Gasteiger partial charge >= 0.3 is 6.09 Å². The fourth-order valence-electron chi connectivity index (χ4n) is 2.08. The minimum Gasteiger partial charge on any atom is -0.497 e. The lowest BCUT2D eigenvalue weighted by molar-refractivity contribution is -0.0834. The largest absolute Gasteiger partial charge is 0.497 e. The van der Waals surface area contributed by atoms with Gasteiger partial charge in [0.15, 0.2) is 5.72 Å². The van der Waals surface area contributed by atoms with E-state index in [0.717, 1.165) is 5.01 Å². The number of aliphatic hydroxyl groups is 1. The van der Waals surface area contributed by atoms with Crippen LogP contribution >= 0.6 is 0 Å². The van der Waals surface area contributed by atoms with Gasteiger partial charge in [0.25, 0.3) is 0 Å². The number of carbonyl (C=O) groups is 1. The summed E-state index contributed by atoms with van der Waals surface area (Å²) in [5, 5.41) is 15.7. The van der Waals surface area contributed by atoms with Crippen molar-refractivity contribution in [3.05, 3.63) is 29.8 Å². The highest BCUT2D eigenvalue weighted by molar-refractivity contribution is 5.87. The zero-order valence-corrected chi connectivity index (χ0v) is 11.1. The molecule has 0 radical (unpaired) electrons. The zero-order chi connectivity index (χ0) is 14.0. The number of rotatable bonds is 2. The van der Waals surface area contributed by atoms with Crippen LogP contribution in [0, 0.1) is 0 Å². The number of hydrogen-bond donors (Lipinski definition) is 1. The van der Waals surface area contributed by atoms with E-state index in [2.05, 4.69) is 9.84 Å². The molecule has 1 aromatic carbocycles. The highest BCUT2D eigenvalue weighted by atomic mass is 16.6. The maximum absolute atomic E-state index is 11.7. The van der Waals surface area contributed by atoms with Gasteiger partial charge in [0.1, 0.15) is 5.75 Å². The SMILES string of the molecule is COC(=O)N1N=C(C)CC1(O)c1ccc(OC)cc1. The number of amides is 1. The summed E-state index contributed by atoms with van der Waals surface area (Å²) in [6.07, 6.45) is -0.454. The fourth-order valence-corrected chi connectivity index (χ4v) is 2.08. The average Bonchev–Trinajstić information content (AvgIpc) is 2.74. The van der Waals surface area contributed by atoms with Crippen molar-refractivity contribution in [2.24, 2.45) is 5.10 Å². The van der Waals surface area contributed by atoms with Crippen LogP contribution in [-0.2, 0) is 10.5 Å². The average molecular weight is 264 g/mol. The molecule has 0 saturated heterocycles. The lowest BCUT2D eigenvalue weighted by Gasteiger charge is -2.30. The van der Waals surface area contributed by atoms with Crippen LogP contribution in [0.1, 0.15) is 18.9 Å². The van der Waals surface area contributed by atoms with Crippen molar-refractivity contribution in [3.8, 4) is 5.75 Å². The fraction of sp³-hybridized carbons (Fsp3) is 0.385. The van der Waals surface area contributed by atoms with Crippen molar-refractivity contribution in [1.29, 1.82) is 0 Å². The van der Waals surface area contributed by atoms with E-state index in [-0.39, 0.29) is 6.42 Å². The first-order valence-electron chi connectivity index (χ1n) is 5.80. The Labute approximate surface area is 111 Å². The maximum Gasteiger partial charge on any atom is 0.433 e. The van der Waals surface area contributed by atoms with Crippen LogP contribution in [0.25, 0.3) is 0 Å². The Morgan fingerprint density at radius 2 is 2.00 bits per heavy atom. The van der Waals surface area contributed by atoms with Crippen molar-refractivity contribution >= 4 is 11.8 Å². The number of benzene rings is 1. The number of hydrogen-bond acceptors (Lipinski definition) is 5. The number of ether oxygens (including phenoxy) is 2. The van der Waals surface area contributed by atoms with Gasteiger partial charge in [-0.05, 0) is 19.1 Å². The first-order valence-corrected chi connectivity index (χ1v) is 5.80. The Kier molecular flexibility index (Phi) is 3.44. The molecule has 6 heteroatoms. The summed E-state index contributed by atoms with van der Waals surface area (Å²) < 4.78 is 9.71. The number of hydrazone groups is 1. The summed E-state index contributed by atoms with van der Waals surface area (Å²) in [4.78, 5) is 11.7. The third-order valence-electron chi connectivity index (χ3n) is 3.02. The van der Waals surface area contributed by atoms with E-state index in [1.807, 2.05) is 0 Å². The van der Waals surface area contributed by atoms with Crippen molar-refractivity contribution < 1.29 is 19.4 Å². The van der Waals surface area contributed by atoms with Gasteiger partial charge in [-0.1, -0.05) is 12.1 Å². The molecule has 0 aromatic heterocycles. The molecule has 6 nitrogen and oxygen atoms in total. The summed E-state index contributed by atoms with van der Waals surface area (Å²) in [7, 11) is 2.81. The third-order valence-corrected chi connectivity index (χ3v) is 3.02. The highest BCUT2D eigenvalue weighted by Gasteiger charge is 2.45. The van der Waals surface area contributed by atoms with Crippen molar-refractivity contribution in [3.63, 3.8) is 0 Å². The van der Waals surface area contributed by atoms with Crippen LogP contribution in [0.3, 0.4) is 0 Å². The van der Waals surface area contributed by atoms with E-state index in [1.54, 1.807) is 38.3 Å². The lowest BCUT2D eigenvalue weighted by atomic mass is 9.98. The quantitative estimate of drug-likeness (QED) is 0.882. The van der Waals surface area contributed by atoms with Gasteiger partial charge in [0.2, 0.25) is 0 Å². The Morgan fingerprint density at radius 3 is 2.53 bits per heavy atom. The van der Waals surface area contributed by atoms with Gasteiger partial charge in [-0.15, -0.1) is 0 Å². The molecule has 19 heavy (non-hydrogen) atoms. The molecule has 0 saturated carbocycles. The topological polar surface area (TPSA) is 71.4 Å². The molecule has 2 rings (SSSR count). The van der Waals surface area contributed by atoms with E-state index < -0.39 is 11.8 Å². The Hall–Kier alpha value is -2.08. The molecule has 1 unspecified atom stereocenters. The van der Waals surface area contributed by atoms with E-state index in [0.29, 0.717) is 17.0 Å². The first-order chi connectivity index (χ1) is 9.01. The zero-order valence-electron chi connectivity index (χ0n) is 11.1. The molecule has 0 spiro atoms. The maximum atomic E-state index is 11.7. The summed E-state index contributed by atoms with van der Waals surface area (Å²) in [6, 6.07) is 6.83. The van der Waals surface area contributed by atoms with Crippen molar-refractivity contribution in [2.45, 2.75) is 19.1 Å². The lowest BCUT2D eigenvalue weighted by Crippen LogP contribution is -2.43. The molecule has 1 aromatic rings. The molecule has 1 heterocycles. The molecule has 0 aliphatic carbocycles. The Bertz CT molecular complexity index is 512. The molecule has 1 amide bonds. The molecule has 0 fully saturated rings. The number of methoxy groups -OCH3 is 2. The van der Waals surface area contributed by atoms with Gasteiger partial charge < -0.3 is 14.6 Å². The van der Waals surface area contributed by atoms with Crippen LogP contribution in [0.4, 0.5) is 4.79 Å². The first kappa shape index (κ1) is 13.4. The van der Waals surface area contributed by atoms with E-state index in [1.165, 1.54) is 7.11 Å². The summed E-state index contributed by atoms with van der Waals surface area (Å²) >= 11 is 0. The van der Waals surface area contributed by atoms with Gasteiger partial charge in [0, 0.05) is 17.7 Å². The Balaban J connectivity index is 2.37. The smallest absolute Gasteiger partial charge is 0.433 e. The van der Waals surface area contributed by atoms with Crippen molar-refractivity contribution in [1.82, 2.24) is 5.01 Å². The van der Waals surface area contributed by atoms with Crippen LogP contribution < -0.4 is 4.74 Å². The summed E-state index contributed by atoms with van der Waals surface area (Å²) in [5.74, 6) is 0.674. The molecular weight excluding hydrogens is 248 g/mol. The molecular formula is C13H16N2O4. The van der Waals surface area contributed by atoms with Gasteiger partial charge in [-0.2, -0.15) is 10.1 Å². The Morgan fingerprint density at radius 1 is 1.37 bits per heavy atom. The van der Waals surface area contributed by atoms with Crippen LogP contribution in [0.5, 0.6) is 5.75 Å². The predicted molar refractivity (Wildman–Crippen MR) is 68.9 cm³/mol. The second-order valence-electron chi connectivity index (χ2n) is 4.34. The van der Waals surface area contributed by atoms with Crippen LogP contribution in [0.2, 0.25) is 0 Å². The molecule has 1 atom stereocenters. The monoisotopic (exact) mass is 264 g/mol. The molecule has 1 aliphatic rings. The number of nitrogens with zero attached hydrogens (tertiary/aromatic N) is 2. The predicted octanol–water partition coefficient (Wildman–Crippen LogP) is 1.69. The normalized spacial score (nSPS) is 22.1. The standard InChI is InChI=1S/C13H16N2O4/c1-9-8-13(17,15(14-9)12(16)19-3)10-4-6-11(18-2)7-5-10/h4-7,17H,8H2,1-3H3.